The van der Waals surface area contributed by atoms with Crippen LogP contribution in [0.25, 0.3) is 0 Å². The zero-order valence-electron chi connectivity index (χ0n) is 10.6. The van der Waals surface area contributed by atoms with Crippen molar-refractivity contribution >= 4 is 0 Å². The van der Waals surface area contributed by atoms with E-state index >= 15 is 0 Å². The summed E-state index contributed by atoms with van der Waals surface area (Å²) < 4.78 is 2.11. The second-order valence-corrected chi connectivity index (χ2v) is 4.72. The van der Waals surface area contributed by atoms with Crippen molar-refractivity contribution in [2.24, 2.45) is 0 Å². The van der Waals surface area contributed by atoms with Crippen LogP contribution in [-0.2, 0) is 6.54 Å². The monoisotopic (exact) mass is 231 g/mol. The molecule has 2 heterocycles. The molecule has 1 unspecified atom stereocenters. The van der Waals surface area contributed by atoms with E-state index in [1.807, 2.05) is 6.20 Å². The Morgan fingerprint density at radius 1 is 1.29 bits per heavy atom. The van der Waals surface area contributed by atoms with Crippen molar-refractivity contribution in [3.63, 3.8) is 0 Å². The number of rotatable bonds is 4. The maximum atomic E-state index is 4.33. The standard InChI is InChI=1S/C13H18N4/c1-10(2)12-4-7-17(16-12)9-11(3)13-8-14-5-6-15-13/h4-8,10-11H,9H2,1-3H3/p+1. The van der Waals surface area contributed by atoms with Crippen molar-refractivity contribution in [2.45, 2.75) is 39.2 Å². The number of nitrogens with zero attached hydrogens (tertiary/aromatic N) is 3. The minimum absolute atomic E-state index is 0.354. The fourth-order valence-electron chi connectivity index (χ4n) is 1.79. The lowest BCUT2D eigenvalue weighted by molar-refractivity contribution is -0.752. The van der Waals surface area contributed by atoms with E-state index in [9.17, 15) is 0 Å². The normalized spacial score (nSPS) is 12.9. The zero-order chi connectivity index (χ0) is 12.3. The molecule has 0 aromatic carbocycles. The van der Waals surface area contributed by atoms with E-state index in [-0.39, 0.29) is 0 Å². The highest BCUT2D eigenvalue weighted by atomic mass is 15.3. The molecule has 0 spiro atoms. The summed E-state index contributed by atoms with van der Waals surface area (Å²) in [6, 6.07) is 2.13. The summed E-state index contributed by atoms with van der Waals surface area (Å²) in [5.74, 6) is 0.885. The van der Waals surface area contributed by atoms with Gasteiger partial charge in [-0.25, -0.2) is 0 Å². The Morgan fingerprint density at radius 2 is 2.12 bits per heavy atom. The lowest BCUT2D eigenvalue weighted by atomic mass is 10.1. The maximum Gasteiger partial charge on any atom is 0.195 e. The molecular formula is C13H19N4+. The largest absolute Gasteiger partial charge is 0.261 e. The Labute approximate surface area is 102 Å². The Balaban J connectivity index is 2.05. The van der Waals surface area contributed by atoms with E-state index in [0.29, 0.717) is 11.8 Å². The van der Waals surface area contributed by atoms with Gasteiger partial charge in [-0.2, -0.15) is 5.10 Å². The van der Waals surface area contributed by atoms with Gasteiger partial charge in [0.2, 0.25) is 0 Å². The van der Waals surface area contributed by atoms with E-state index < -0.39 is 0 Å². The molecule has 0 fully saturated rings. The number of aromatic nitrogens is 4. The van der Waals surface area contributed by atoms with E-state index in [0.717, 1.165) is 12.2 Å². The topological polar surface area (TPSA) is 45.5 Å². The van der Waals surface area contributed by atoms with Gasteiger partial charge in [0, 0.05) is 24.7 Å². The average molecular weight is 231 g/mol. The zero-order valence-corrected chi connectivity index (χ0v) is 10.6. The van der Waals surface area contributed by atoms with Crippen LogP contribution in [0.1, 0.15) is 44.0 Å². The van der Waals surface area contributed by atoms with E-state index in [1.165, 1.54) is 5.69 Å². The van der Waals surface area contributed by atoms with Crippen LogP contribution in [0.15, 0.2) is 30.9 Å². The molecule has 1 atom stereocenters. The number of aromatic amines is 1. The van der Waals surface area contributed by atoms with Gasteiger partial charge in [-0.3, -0.25) is 9.97 Å². The molecule has 17 heavy (non-hydrogen) atoms. The van der Waals surface area contributed by atoms with Gasteiger partial charge in [-0.15, -0.1) is 4.68 Å². The highest BCUT2D eigenvalue weighted by Gasteiger charge is 2.15. The molecule has 0 aliphatic heterocycles. The summed E-state index contributed by atoms with van der Waals surface area (Å²) in [5, 5.41) is 3.38. The van der Waals surface area contributed by atoms with Crippen molar-refractivity contribution in [2.75, 3.05) is 0 Å². The first-order chi connectivity index (χ1) is 8.16. The third kappa shape index (κ3) is 2.90. The summed E-state index contributed by atoms with van der Waals surface area (Å²) in [6.45, 7) is 7.42. The van der Waals surface area contributed by atoms with Crippen LogP contribution in [0.3, 0.4) is 0 Å². The molecule has 0 radical (unpaired) electrons. The third-order valence-electron chi connectivity index (χ3n) is 2.89. The van der Waals surface area contributed by atoms with Gasteiger partial charge in [-0.1, -0.05) is 20.8 Å². The highest BCUT2D eigenvalue weighted by Crippen LogP contribution is 2.12. The van der Waals surface area contributed by atoms with Crippen LogP contribution >= 0.6 is 0 Å². The van der Waals surface area contributed by atoms with Crippen LogP contribution in [0.2, 0.25) is 0 Å². The second-order valence-electron chi connectivity index (χ2n) is 4.72. The van der Waals surface area contributed by atoms with Crippen LogP contribution in [0, 0.1) is 0 Å². The van der Waals surface area contributed by atoms with Crippen molar-refractivity contribution in [1.29, 1.82) is 0 Å². The first-order valence-electron chi connectivity index (χ1n) is 6.01. The molecule has 2 aromatic heterocycles. The molecule has 0 aliphatic rings. The lowest BCUT2D eigenvalue weighted by Gasteiger charge is -2.04. The number of hydrogen-bond donors (Lipinski definition) is 1. The van der Waals surface area contributed by atoms with Crippen molar-refractivity contribution in [3.05, 3.63) is 42.2 Å². The number of nitrogens with one attached hydrogen (secondary N) is 1. The van der Waals surface area contributed by atoms with Gasteiger partial charge in [0.05, 0.1) is 17.3 Å². The Bertz CT molecular complexity index is 461. The van der Waals surface area contributed by atoms with Crippen molar-refractivity contribution in [3.8, 4) is 0 Å². The van der Waals surface area contributed by atoms with E-state index in [1.54, 1.807) is 12.4 Å². The molecule has 0 saturated carbocycles. The first kappa shape index (κ1) is 11.8. The van der Waals surface area contributed by atoms with Gasteiger partial charge in [0.15, 0.2) is 12.7 Å². The molecule has 0 amide bonds. The molecular weight excluding hydrogens is 212 g/mol. The molecule has 1 N–H and O–H groups in total. The van der Waals surface area contributed by atoms with Gasteiger partial charge in [0.25, 0.3) is 0 Å². The smallest absolute Gasteiger partial charge is 0.195 e. The fourth-order valence-corrected chi connectivity index (χ4v) is 1.79. The summed E-state index contributed by atoms with van der Waals surface area (Å²) in [5.41, 5.74) is 2.29. The predicted octanol–water partition coefficient (Wildman–Crippen LogP) is 2.02. The molecule has 0 bridgehead atoms. The summed E-state index contributed by atoms with van der Waals surface area (Å²) >= 11 is 0. The summed E-state index contributed by atoms with van der Waals surface area (Å²) in [6.07, 6.45) is 7.36. The Kier molecular flexibility index (Phi) is 3.52. The Hall–Kier alpha value is -1.71. The Morgan fingerprint density at radius 3 is 2.71 bits per heavy atom. The van der Waals surface area contributed by atoms with Gasteiger partial charge >= 0.3 is 0 Å². The molecule has 2 aromatic rings. The van der Waals surface area contributed by atoms with Gasteiger partial charge in [0.1, 0.15) is 0 Å². The SMILES string of the molecule is CC(C)c1cc[n+](CC(C)c2cnccn2)[nH]1. The molecule has 90 valence electrons. The number of H-pyrrole nitrogens is 1. The minimum Gasteiger partial charge on any atom is -0.261 e. The summed E-state index contributed by atoms with van der Waals surface area (Å²) in [7, 11) is 0. The maximum absolute atomic E-state index is 4.33. The van der Waals surface area contributed by atoms with E-state index in [4.69, 9.17) is 0 Å². The predicted molar refractivity (Wildman–Crippen MR) is 65.5 cm³/mol. The van der Waals surface area contributed by atoms with Gasteiger partial charge in [-0.05, 0) is 5.92 Å². The first-order valence-corrected chi connectivity index (χ1v) is 6.01. The molecule has 0 aliphatic carbocycles. The quantitative estimate of drug-likeness (QED) is 0.818. The van der Waals surface area contributed by atoms with Crippen LogP contribution in [0.4, 0.5) is 0 Å². The average Bonchev–Trinajstić information content (AvgIpc) is 2.79. The minimum atomic E-state index is 0.354. The number of hydrogen-bond acceptors (Lipinski definition) is 2. The van der Waals surface area contributed by atoms with Crippen molar-refractivity contribution in [1.82, 2.24) is 15.1 Å². The third-order valence-corrected chi connectivity index (χ3v) is 2.89. The van der Waals surface area contributed by atoms with Crippen LogP contribution in [0.5, 0.6) is 0 Å². The lowest BCUT2D eigenvalue weighted by Crippen LogP contribution is -2.37. The molecule has 4 heteroatoms. The molecule has 4 nitrogen and oxygen atoms in total. The molecule has 2 rings (SSSR count). The van der Waals surface area contributed by atoms with Gasteiger partial charge < -0.3 is 0 Å². The van der Waals surface area contributed by atoms with Crippen LogP contribution in [-0.4, -0.2) is 15.1 Å². The van der Waals surface area contributed by atoms with E-state index in [2.05, 4.69) is 52.8 Å². The fraction of sp³-hybridized carbons (Fsp3) is 0.462. The van der Waals surface area contributed by atoms with Crippen LogP contribution < -0.4 is 4.68 Å². The second kappa shape index (κ2) is 5.08. The van der Waals surface area contributed by atoms with Crippen molar-refractivity contribution < 1.29 is 4.68 Å². The summed E-state index contributed by atoms with van der Waals surface area (Å²) in [4.78, 5) is 8.43. The highest BCUT2D eigenvalue weighted by molar-refractivity contribution is 5.01. The molecule has 0 saturated heterocycles.